The van der Waals surface area contributed by atoms with E-state index in [0.29, 0.717) is 12.3 Å². The quantitative estimate of drug-likeness (QED) is 0.604. The third-order valence-electron chi connectivity index (χ3n) is 3.51. The Kier molecular flexibility index (Phi) is 6.62. The molecule has 18 heavy (non-hydrogen) atoms. The van der Waals surface area contributed by atoms with E-state index in [1.54, 1.807) is 0 Å². The number of ketones is 1. The number of hydrogen-bond acceptors (Lipinski definition) is 1. The van der Waals surface area contributed by atoms with Crippen LogP contribution in [0.3, 0.4) is 0 Å². The number of carbonyl (C=O) groups excluding carboxylic acids is 1. The van der Waals surface area contributed by atoms with Crippen molar-refractivity contribution in [3.05, 3.63) is 33.8 Å². The minimum absolute atomic E-state index is 0.277. The third kappa shape index (κ3) is 4.56. The molecule has 0 amide bonds. The molecule has 1 atom stereocenters. The lowest BCUT2D eigenvalue weighted by molar-refractivity contribution is 0.0957. The highest BCUT2D eigenvalue weighted by atomic mass is 79.9. The number of halogens is 1. The standard InChI is InChI=1S/C16H23BrO/c1-4-6-7-13(5-2)10-16(18)14-9-8-12(3)15(17)11-14/h8-9,11,13H,4-7,10H2,1-3H3. The summed E-state index contributed by atoms with van der Waals surface area (Å²) in [6, 6.07) is 5.89. The maximum absolute atomic E-state index is 12.2. The van der Waals surface area contributed by atoms with Gasteiger partial charge in [-0.15, -0.1) is 0 Å². The van der Waals surface area contributed by atoms with Crippen LogP contribution in [0, 0.1) is 12.8 Å². The van der Waals surface area contributed by atoms with E-state index in [1.807, 2.05) is 25.1 Å². The van der Waals surface area contributed by atoms with Crippen LogP contribution in [0.2, 0.25) is 0 Å². The topological polar surface area (TPSA) is 17.1 Å². The Balaban J connectivity index is 2.65. The van der Waals surface area contributed by atoms with Gasteiger partial charge in [0.25, 0.3) is 0 Å². The van der Waals surface area contributed by atoms with Crippen LogP contribution in [0.1, 0.15) is 61.9 Å². The second kappa shape index (κ2) is 7.73. The summed E-state index contributed by atoms with van der Waals surface area (Å²) in [5, 5.41) is 0. The van der Waals surface area contributed by atoms with E-state index >= 15 is 0 Å². The molecule has 0 heterocycles. The lowest BCUT2D eigenvalue weighted by atomic mass is 9.91. The predicted molar refractivity (Wildman–Crippen MR) is 81.1 cm³/mol. The van der Waals surface area contributed by atoms with Gasteiger partial charge >= 0.3 is 0 Å². The molecule has 0 aromatic heterocycles. The fourth-order valence-corrected chi connectivity index (χ4v) is 2.47. The van der Waals surface area contributed by atoms with Crippen LogP contribution in [0.4, 0.5) is 0 Å². The first kappa shape index (κ1) is 15.4. The minimum atomic E-state index is 0.277. The Hall–Kier alpha value is -0.630. The van der Waals surface area contributed by atoms with Gasteiger partial charge in [-0.3, -0.25) is 4.79 Å². The highest BCUT2D eigenvalue weighted by Crippen LogP contribution is 2.22. The monoisotopic (exact) mass is 310 g/mol. The number of rotatable bonds is 7. The molecule has 0 fully saturated rings. The SMILES string of the molecule is CCCCC(CC)CC(=O)c1ccc(C)c(Br)c1. The molecule has 0 aliphatic carbocycles. The van der Waals surface area contributed by atoms with Gasteiger partial charge in [-0.1, -0.05) is 67.6 Å². The second-order valence-corrected chi connectivity index (χ2v) is 5.86. The summed E-state index contributed by atoms with van der Waals surface area (Å²) in [6.45, 7) is 6.42. The summed E-state index contributed by atoms with van der Waals surface area (Å²) in [5.74, 6) is 0.816. The molecule has 2 heteroatoms. The highest BCUT2D eigenvalue weighted by molar-refractivity contribution is 9.10. The van der Waals surface area contributed by atoms with E-state index in [2.05, 4.69) is 29.8 Å². The number of aryl methyl sites for hydroxylation is 1. The van der Waals surface area contributed by atoms with Crippen LogP contribution >= 0.6 is 15.9 Å². The van der Waals surface area contributed by atoms with Crippen LogP contribution in [0.5, 0.6) is 0 Å². The van der Waals surface area contributed by atoms with Crippen molar-refractivity contribution < 1.29 is 4.79 Å². The maximum Gasteiger partial charge on any atom is 0.163 e. The van der Waals surface area contributed by atoms with Crippen molar-refractivity contribution in [3.63, 3.8) is 0 Å². The molecule has 1 nitrogen and oxygen atoms in total. The molecule has 0 spiro atoms. The molecular formula is C16H23BrO. The molecule has 0 saturated heterocycles. The van der Waals surface area contributed by atoms with Gasteiger partial charge < -0.3 is 0 Å². The predicted octanol–water partition coefficient (Wildman–Crippen LogP) is 5.55. The molecule has 0 aliphatic rings. The summed E-state index contributed by atoms with van der Waals surface area (Å²) >= 11 is 3.49. The van der Waals surface area contributed by atoms with Crippen molar-refractivity contribution in [3.8, 4) is 0 Å². The zero-order valence-corrected chi connectivity index (χ0v) is 13.2. The van der Waals surface area contributed by atoms with Crippen molar-refractivity contribution in [2.24, 2.45) is 5.92 Å². The third-order valence-corrected chi connectivity index (χ3v) is 4.37. The van der Waals surface area contributed by atoms with E-state index in [9.17, 15) is 4.79 Å². The minimum Gasteiger partial charge on any atom is -0.294 e. The van der Waals surface area contributed by atoms with Gasteiger partial charge in [0, 0.05) is 16.5 Å². The van der Waals surface area contributed by atoms with Crippen LogP contribution in [0.15, 0.2) is 22.7 Å². The molecule has 0 radical (unpaired) electrons. The van der Waals surface area contributed by atoms with Crippen molar-refractivity contribution in [1.82, 2.24) is 0 Å². The summed E-state index contributed by atoms with van der Waals surface area (Å²) in [4.78, 5) is 12.2. The normalized spacial score (nSPS) is 12.4. The van der Waals surface area contributed by atoms with Crippen LogP contribution in [0.25, 0.3) is 0 Å². The van der Waals surface area contributed by atoms with Crippen molar-refractivity contribution in [2.75, 3.05) is 0 Å². The smallest absolute Gasteiger partial charge is 0.163 e. The Labute approximate surface area is 119 Å². The van der Waals surface area contributed by atoms with Crippen molar-refractivity contribution in [2.45, 2.75) is 52.9 Å². The zero-order valence-electron chi connectivity index (χ0n) is 11.6. The molecule has 1 unspecified atom stereocenters. The fourth-order valence-electron chi connectivity index (χ4n) is 2.09. The Bertz CT molecular complexity index is 398. The largest absolute Gasteiger partial charge is 0.294 e. The molecule has 0 saturated carbocycles. The average Bonchev–Trinajstić information content (AvgIpc) is 2.37. The van der Waals surface area contributed by atoms with Gasteiger partial charge in [-0.2, -0.15) is 0 Å². The summed E-state index contributed by atoms with van der Waals surface area (Å²) in [5.41, 5.74) is 2.01. The highest BCUT2D eigenvalue weighted by Gasteiger charge is 2.14. The molecule has 0 bridgehead atoms. The van der Waals surface area contributed by atoms with Crippen LogP contribution < -0.4 is 0 Å². The number of unbranched alkanes of at least 4 members (excludes halogenated alkanes) is 1. The fraction of sp³-hybridized carbons (Fsp3) is 0.562. The van der Waals surface area contributed by atoms with E-state index in [-0.39, 0.29) is 5.78 Å². The number of Topliss-reactive ketones (excluding diaryl/α,β-unsaturated/α-hetero) is 1. The van der Waals surface area contributed by atoms with Crippen molar-refractivity contribution in [1.29, 1.82) is 0 Å². The van der Waals surface area contributed by atoms with Crippen LogP contribution in [-0.2, 0) is 0 Å². The lowest BCUT2D eigenvalue weighted by Crippen LogP contribution is -2.08. The van der Waals surface area contributed by atoms with Gasteiger partial charge in [0.1, 0.15) is 0 Å². The summed E-state index contributed by atoms with van der Waals surface area (Å²) < 4.78 is 1.02. The first-order valence-corrected chi connectivity index (χ1v) is 7.67. The molecule has 1 aromatic carbocycles. The Morgan fingerprint density at radius 3 is 2.61 bits per heavy atom. The first-order valence-electron chi connectivity index (χ1n) is 6.87. The molecule has 0 aliphatic heterocycles. The van der Waals surface area contributed by atoms with E-state index in [0.717, 1.165) is 16.5 Å². The number of hydrogen-bond donors (Lipinski definition) is 0. The van der Waals surface area contributed by atoms with Gasteiger partial charge in [0.2, 0.25) is 0 Å². The van der Waals surface area contributed by atoms with Crippen LogP contribution in [-0.4, -0.2) is 5.78 Å². The van der Waals surface area contributed by atoms with Gasteiger partial charge in [-0.25, -0.2) is 0 Å². The lowest BCUT2D eigenvalue weighted by Gasteiger charge is -2.13. The molecular weight excluding hydrogens is 288 g/mol. The van der Waals surface area contributed by atoms with Crippen molar-refractivity contribution >= 4 is 21.7 Å². The zero-order chi connectivity index (χ0) is 13.5. The molecule has 0 N–H and O–H groups in total. The van der Waals surface area contributed by atoms with Gasteiger partial charge in [0.05, 0.1) is 0 Å². The molecule has 1 rings (SSSR count). The van der Waals surface area contributed by atoms with Gasteiger partial charge in [-0.05, 0) is 24.5 Å². The Morgan fingerprint density at radius 1 is 1.33 bits per heavy atom. The van der Waals surface area contributed by atoms with E-state index < -0.39 is 0 Å². The van der Waals surface area contributed by atoms with E-state index in [4.69, 9.17) is 0 Å². The first-order chi connectivity index (χ1) is 8.58. The second-order valence-electron chi connectivity index (χ2n) is 5.01. The molecule has 1 aromatic rings. The number of benzene rings is 1. The number of carbonyl (C=O) groups is 1. The maximum atomic E-state index is 12.2. The Morgan fingerprint density at radius 2 is 2.06 bits per heavy atom. The summed E-state index contributed by atoms with van der Waals surface area (Å²) in [7, 11) is 0. The van der Waals surface area contributed by atoms with Gasteiger partial charge in [0.15, 0.2) is 5.78 Å². The van der Waals surface area contributed by atoms with E-state index in [1.165, 1.54) is 24.8 Å². The molecule has 100 valence electrons. The summed E-state index contributed by atoms with van der Waals surface area (Å²) in [6.07, 6.45) is 5.39. The average molecular weight is 311 g/mol.